The molecule has 1 unspecified atom stereocenters. The Balaban J connectivity index is 1.98. The number of nitrogens with zero attached hydrogens (tertiary/aromatic N) is 2. The zero-order chi connectivity index (χ0) is 10.0. The first-order valence-electron chi connectivity index (χ1n) is 5.02. The first-order valence-corrected chi connectivity index (χ1v) is 5.02. The smallest absolute Gasteiger partial charge is 0.124 e. The molecule has 2 heterocycles. The van der Waals surface area contributed by atoms with E-state index in [0.29, 0.717) is 0 Å². The van der Waals surface area contributed by atoms with Crippen molar-refractivity contribution in [3.63, 3.8) is 0 Å². The fourth-order valence-corrected chi connectivity index (χ4v) is 1.88. The summed E-state index contributed by atoms with van der Waals surface area (Å²) in [7, 11) is 2.14. The fourth-order valence-electron chi connectivity index (χ4n) is 1.88. The molecule has 1 aromatic heterocycles. The predicted octanol–water partition coefficient (Wildman–Crippen LogP) is 0.858. The van der Waals surface area contributed by atoms with Crippen molar-refractivity contribution in [2.45, 2.75) is 25.4 Å². The Kier molecular flexibility index (Phi) is 2.56. The Bertz CT molecular complexity index is 278. The molecule has 0 aliphatic carbocycles. The van der Waals surface area contributed by atoms with E-state index in [-0.39, 0.29) is 5.54 Å². The highest BCUT2D eigenvalue weighted by Crippen LogP contribution is 2.22. The minimum absolute atomic E-state index is 0.263. The Morgan fingerprint density at radius 3 is 3.14 bits per heavy atom. The molecule has 1 saturated heterocycles. The van der Waals surface area contributed by atoms with Gasteiger partial charge in [0.2, 0.25) is 0 Å². The van der Waals surface area contributed by atoms with Gasteiger partial charge in [0.15, 0.2) is 0 Å². The van der Waals surface area contributed by atoms with Crippen LogP contribution in [0.5, 0.6) is 0 Å². The molecular weight excluding hydrogens is 178 g/mol. The standard InChI is InChI=1S/C10H17N3O/c1-10(4-5-11-8-10)13(2)7-9-3-6-14-12-9/h3,6,11H,4-5,7-8H2,1-2H3. The second kappa shape index (κ2) is 3.71. The SMILES string of the molecule is CN(Cc1ccon1)C1(C)CCNC1. The predicted molar refractivity (Wildman–Crippen MR) is 53.9 cm³/mol. The molecule has 1 aromatic rings. The molecule has 1 aliphatic rings. The summed E-state index contributed by atoms with van der Waals surface area (Å²) in [5.74, 6) is 0. The van der Waals surface area contributed by atoms with Gasteiger partial charge in [0.05, 0.1) is 5.69 Å². The summed E-state index contributed by atoms with van der Waals surface area (Å²) in [5.41, 5.74) is 1.26. The summed E-state index contributed by atoms with van der Waals surface area (Å²) in [4.78, 5) is 2.34. The van der Waals surface area contributed by atoms with Gasteiger partial charge in [-0.3, -0.25) is 4.90 Å². The van der Waals surface area contributed by atoms with Crippen LogP contribution in [-0.4, -0.2) is 35.7 Å². The van der Waals surface area contributed by atoms with Gasteiger partial charge in [-0.25, -0.2) is 0 Å². The van der Waals surface area contributed by atoms with E-state index in [1.807, 2.05) is 6.07 Å². The first kappa shape index (κ1) is 9.68. The summed E-state index contributed by atoms with van der Waals surface area (Å²) >= 11 is 0. The number of hydrogen-bond donors (Lipinski definition) is 1. The maximum absolute atomic E-state index is 4.82. The normalized spacial score (nSPS) is 27.4. The third-order valence-corrected chi connectivity index (χ3v) is 3.16. The number of rotatable bonds is 3. The van der Waals surface area contributed by atoms with Crippen LogP contribution in [0.15, 0.2) is 16.9 Å². The lowest BCUT2D eigenvalue weighted by Gasteiger charge is -2.34. The van der Waals surface area contributed by atoms with Gasteiger partial charge in [0.1, 0.15) is 6.26 Å². The van der Waals surface area contributed by atoms with Crippen molar-refractivity contribution in [1.29, 1.82) is 0 Å². The summed E-state index contributed by atoms with van der Waals surface area (Å²) < 4.78 is 4.82. The van der Waals surface area contributed by atoms with E-state index in [4.69, 9.17) is 4.52 Å². The number of nitrogens with one attached hydrogen (secondary N) is 1. The Morgan fingerprint density at radius 1 is 1.71 bits per heavy atom. The zero-order valence-electron chi connectivity index (χ0n) is 8.79. The van der Waals surface area contributed by atoms with E-state index in [1.165, 1.54) is 6.42 Å². The molecule has 78 valence electrons. The second-order valence-electron chi connectivity index (χ2n) is 4.27. The van der Waals surface area contributed by atoms with Gasteiger partial charge in [-0.05, 0) is 26.9 Å². The van der Waals surface area contributed by atoms with Crippen LogP contribution >= 0.6 is 0 Å². The second-order valence-corrected chi connectivity index (χ2v) is 4.27. The summed E-state index contributed by atoms with van der Waals surface area (Å²) in [5, 5.41) is 7.31. The van der Waals surface area contributed by atoms with Crippen molar-refractivity contribution in [3.05, 3.63) is 18.0 Å². The molecule has 4 nitrogen and oxygen atoms in total. The highest BCUT2D eigenvalue weighted by molar-refractivity contribution is 4.99. The molecule has 1 aliphatic heterocycles. The van der Waals surface area contributed by atoms with Gasteiger partial charge in [-0.1, -0.05) is 5.16 Å². The van der Waals surface area contributed by atoms with Crippen LogP contribution in [0.1, 0.15) is 19.0 Å². The molecule has 0 spiro atoms. The van der Waals surface area contributed by atoms with E-state index >= 15 is 0 Å². The van der Waals surface area contributed by atoms with E-state index in [0.717, 1.165) is 25.3 Å². The average Bonchev–Trinajstić information content (AvgIpc) is 2.76. The number of likely N-dealkylation sites (N-methyl/N-ethyl adjacent to an activating group) is 1. The van der Waals surface area contributed by atoms with Crippen LogP contribution in [0.25, 0.3) is 0 Å². The molecular formula is C10H17N3O. The maximum atomic E-state index is 4.82. The fraction of sp³-hybridized carbons (Fsp3) is 0.700. The van der Waals surface area contributed by atoms with Crippen molar-refractivity contribution in [2.24, 2.45) is 0 Å². The number of aromatic nitrogens is 1. The lowest BCUT2D eigenvalue weighted by Crippen LogP contribution is -2.45. The van der Waals surface area contributed by atoms with Gasteiger partial charge in [-0.15, -0.1) is 0 Å². The Labute approximate surface area is 84.3 Å². The van der Waals surface area contributed by atoms with E-state index in [9.17, 15) is 0 Å². The van der Waals surface area contributed by atoms with Gasteiger partial charge >= 0.3 is 0 Å². The molecule has 1 fully saturated rings. The van der Waals surface area contributed by atoms with Crippen LogP contribution in [0.3, 0.4) is 0 Å². The first-order chi connectivity index (χ1) is 6.71. The molecule has 0 amide bonds. The average molecular weight is 195 g/mol. The van der Waals surface area contributed by atoms with Gasteiger partial charge in [0, 0.05) is 24.7 Å². The maximum Gasteiger partial charge on any atom is 0.124 e. The van der Waals surface area contributed by atoms with Crippen molar-refractivity contribution in [3.8, 4) is 0 Å². The van der Waals surface area contributed by atoms with Crippen molar-refractivity contribution < 1.29 is 4.52 Å². The van der Waals surface area contributed by atoms with Gasteiger partial charge in [0.25, 0.3) is 0 Å². The molecule has 0 saturated carbocycles. The van der Waals surface area contributed by atoms with E-state index < -0.39 is 0 Å². The molecule has 14 heavy (non-hydrogen) atoms. The minimum Gasteiger partial charge on any atom is -0.364 e. The monoisotopic (exact) mass is 195 g/mol. The molecule has 0 bridgehead atoms. The molecule has 1 atom stereocenters. The Morgan fingerprint density at radius 2 is 2.57 bits per heavy atom. The summed E-state index contributed by atoms with van der Waals surface area (Å²) in [6.07, 6.45) is 2.82. The van der Waals surface area contributed by atoms with Crippen LogP contribution in [0, 0.1) is 0 Å². The minimum atomic E-state index is 0.263. The summed E-state index contributed by atoms with van der Waals surface area (Å²) in [6.45, 7) is 5.31. The van der Waals surface area contributed by atoms with Gasteiger partial charge < -0.3 is 9.84 Å². The molecule has 4 heteroatoms. The highest BCUT2D eigenvalue weighted by atomic mass is 16.5. The third kappa shape index (κ3) is 1.81. The molecule has 0 radical (unpaired) electrons. The van der Waals surface area contributed by atoms with E-state index in [1.54, 1.807) is 6.26 Å². The van der Waals surface area contributed by atoms with Crippen LogP contribution in [-0.2, 0) is 6.54 Å². The quantitative estimate of drug-likeness (QED) is 0.776. The van der Waals surface area contributed by atoms with Crippen LogP contribution in [0.2, 0.25) is 0 Å². The largest absolute Gasteiger partial charge is 0.364 e. The van der Waals surface area contributed by atoms with Crippen molar-refractivity contribution in [1.82, 2.24) is 15.4 Å². The lowest BCUT2D eigenvalue weighted by atomic mass is 9.99. The highest BCUT2D eigenvalue weighted by Gasteiger charge is 2.32. The summed E-state index contributed by atoms with van der Waals surface area (Å²) in [6, 6.07) is 1.92. The van der Waals surface area contributed by atoms with E-state index in [2.05, 4.69) is 29.3 Å². The van der Waals surface area contributed by atoms with Crippen molar-refractivity contribution >= 4 is 0 Å². The van der Waals surface area contributed by atoms with Crippen molar-refractivity contribution in [2.75, 3.05) is 20.1 Å². The topological polar surface area (TPSA) is 41.3 Å². The lowest BCUT2D eigenvalue weighted by molar-refractivity contribution is 0.145. The molecule has 0 aromatic carbocycles. The zero-order valence-corrected chi connectivity index (χ0v) is 8.79. The van der Waals surface area contributed by atoms with Crippen LogP contribution in [0.4, 0.5) is 0 Å². The van der Waals surface area contributed by atoms with Crippen LogP contribution < -0.4 is 5.32 Å². The third-order valence-electron chi connectivity index (χ3n) is 3.16. The van der Waals surface area contributed by atoms with Gasteiger partial charge in [-0.2, -0.15) is 0 Å². The molecule has 1 N–H and O–H groups in total. The Hall–Kier alpha value is -0.870. The molecule has 2 rings (SSSR count). The number of hydrogen-bond acceptors (Lipinski definition) is 4.